The Labute approximate surface area is 152 Å². The lowest BCUT2D eigenvalue weighted by molar-refractivity contribution is -0.132. The van der Waals surface area contributed by atoms with Crippen molar-refractivity contribution in [2.45, 2.75) is 31.9 Å². The molecule has 6 nitrogen and oxygen atoms in total. The van der Waals surface area contributed by atoms with Crippen molar-refractivity contribution >= 4 is 5.91 Å². The van der Waals surface area contributed by atoms with E-state index in [-0.39, 0.29) is 18.8 Å². The SMILES string of the molecule is O=C(Cc1ccc2c(c1)OCO2)N(Cc1ccccn1)C[C@H]1CCCO1. The maximum Gasteiger partial charge on any atom is 0.231 e. The molecule has 0 aliphatic carbocycles. The fourth-order valence-electron chi connectivity index (χ4n) is 3.31. The largest absolute Gasteiger partial charge is 0.454 e. The Hall–Kier alpha value is -2.60. The second-order valence-electron chi connectivity index (χ2n) is 6.59. The number of hydrogen-bond acceptors (Lipinski definition) is 5. The van der Waals surface area contributed by atoms with E-state index in [0.29, 0.717) is 25.3 Å². The Bertz CT molecular complexity index is 760. The molecule has 1 fully saturated rings. The van der Waals surface area contributed by atoms with Crippen LogP contribution in [-0.4, -0.2) is 41.8 Å². The van der Waals surface area contributed by atoms with Gasteiger partial charge in [0.2, 0.25) is 12.7 Å². The van der Waals surface area contributed by atoms with Crippen LogP contribution in [0.2, 0.25) is 0 Å². The number of rotatable bonds is 6. The lowest BCUT2D eigenvalue weighted by atomic mass is 10.1. The van der Waals surface area contributed by atoms with E-state index in [9.17, 15) is 4.79 Å². The summed E-state index contributed by atoms with van der Waals surface area (Å²) < 4.78 is 16.5. The maximum absolute atomic E-state index is 13.0. The Kier molecular flexibility index (Phi) is 5.02. The first kappa shape index (κ1) is 16.8. The summed E-state index contributed by atoms with van der Waals surface area (Å²) in [6.45, 7) is 2.10. The van der Waals surface area contributed by atoms with Gasteiger partial charge in [-0.2, -0.15) is 0 Å². The van der Waals surface area contributed by atoms with Gasteiger partial charge in [0, 0.05) is 19.3 Å². The van der Waals surface area contributed by atoms with Gasteiger partial charge < -0.3 is 19.1 Å². The van der Waals surface area contributed by atoms with Crippen LogP contribution in [0.25, 0.3) is 0 Å². The molecule has 3 heterocycles. The predicted octanol–water partition coefficient (Wildman–Crippen LogP) is 2.56. The topological polar surface area (TPSA) is 60.9 Å². The summed E-state index contributed by atoms with van der Waals surface area (Å²) >= 11 is 0. The highest BCUT2D eigenvalue weighted by Gasteiger charge is 2.24. The molecular weight excluding hydrogens is 332 g/mol. The molecule has 0 radical (unpaired) electrons. The van der Waals surface area contributed by atoms with Gasteiger partial charge in [0.05, 0.1) is 24.8 Å². The third kappa shape index (κ3) is 3.96. The van der Waals surface area contributed by atoms with E-state index in [1.807, 2.05) is 41.3 Å². The molecule has 2 aliphatic rings. The van der Waals surface area contributed by atoms with Crippen molar-refractivity contribution in [3.8, 4) is 11.5 Å². The van der Waals surface area contributed by atoms with E-state index < -0.39 is 0 Å². The van der Waals surface area contributed by atoms with Crippen LogP contribution in [-0.2, 0) is 22.5 Å². The van der Waals surface area contributed by atoms with Gasteiger partial charge in [-0.05, 0) is 42.7 Å². The molecule has 136 valence electrons. The van der Waals surface area contributed by atoms with E-state index in [4.69, 9.17) is 14.2 Å². The van der Waals surface area contributed by atoms with Crippen molar-refractivity contribution in [2.75, 3.05) is 19.9 Å². The van der Waals surface area contributed by atoms with Crippen LogP contribution in [0.15, 0.2) is 42.6 Å². The molecule has 1 amide bonds. The number of carbonyl (C=O) groups is 1. The zero-order valence-electron chi connectivity index (χ0n) is 14.6. The monoisotopic (exact) mass is 354 g/mol. The van der Waals surface area contributed by atoms with Gasteiger partial charge in [-0.15, -0.1) is 0 Å². The first-order valence-electron chi connectivity index (χ1n) is 8.96. The van der Waals surface area contributed by atoms with Gasteiger partial charge in [-0.25, -0.2) is 0 Å². The van der Waals surface area contributed by atoms with Crippen molar-refractivity contribution in [3.05, 3.63) is 53.9 Å². The number of nitrogens with zero attached hydrogens (tertiary/aromatic N) is 2. The minimum absolute atomic E-state index is 0.0602. The number of carbonyl (C=O) groups excluding carboxylic acids is 1. The molecule has 0 spiro atoms. The normalized spacial score (nSPS) is 18.1. The van der Waals surface area contributed by atoms with Crippen LogP contribution in [0.1, 0.15) is 24.1 Å². The minimum atomic E-state index is 0.0602. The number of pyridine rings is 1. The van der Waals surface area contributed by atoms with Crippen LogP contribution in [0.5, 0.6) is 11.5 Å². The quantitative estimate of drug-likeness (QED) is 0.798. The maximum atomic E-state index is 13.0. The lowest BCUT2D eigenvalue weighted by Gasteiger charge is -2.25. The number of ether oxygens (including phenoxy) is 3. The second kappa shape index (κ2) is 7.74. The molecule has 0 N–H and O–H groups in total. The molecule has 0 saturated carbocycles. The Morgan fingerprint density at radius 1 is 1.19 bits per heavy atom. The highest BCUT2D eigenvalue weighted by atomic mass is 16.7. The first-order valence-corrected chi connectivity index (χ1v) is 8.96. The van der Waals surface area contributed by atoms with Crippen LogP contribution in [0, 0.1) is 0 Å². The predicted molar refractivity (Wildman–Crippen MR) is 94.9 cm³/mol. The van der Waals surface area contributed by atoms with Crippen LogP contribution < -0.4 is 9.47 Å². The third-order valence-electron chi connectivity index (χ3n) is 4.67. The van der Waals surface area contributed by atoms with E-state index in [2.05, 4.69) is 4.98 Å². The van der Waals surface area contributed by atoms with E-state index in [1.54, 1.807) is 6.20 Å². The third-order valence-corrected chi connectivity index (χ3v) is 4.67. The number of fused-ring (bicyclic) bond motifs is 1. The molecule has 4 rings (SSSR count). The summed E-state index contributed by atoms with van der Waals surface area (Å²) in [6.07, 6.45) is 4.23. The summed E-state index contributed by atoms with van der Waals surface area (Å²) in [5.41, 5.74) is 1.79. The Balaban J connectivity index is 1.47. The average molecular weight is 354 g/mol. The summed E-state index contributed by atoms with van der Waals surface area (Å²) in [5.74, 6) is 1.49. The summed E-state index contributed by atoms with van der Waals surface area (Å²) in [6, 6.07) is 11.4. The molecule has 1 aromatic heterocycles. The number of benzene rings is 1. The Morgan fingerprint density at radius 3 is 2.92 bits per heavy atom. The standard InChI is InChI=1S/C20H22N2O4/c23-20(11-15-6-7-18-19(10-15)26-14-25-18)22(13-17-5-3-9-24-17)12-16-4-1-2-8-21-16/h1-2,4,6-8,10,17H,3,5,9,11-14H2/t17-/m1/s1. The molecule has 2 aromatic rings. The van der Waals surface area contributed by atoms with Crippen LogP contribution in [0.3, 0.4) is 0 Å². The fourth-order valence-corrected chi connectivity index (χ4v) is 3.31. The second-order valence-corrected chi connectivity index (χ2v) is 6.59. The molecule has 26 heavy (non-hydrogen) atoms. The Morgan fingerprint density at radius 2 is 2.12 bits per heavy atom. The van der Waals surface area contributed by atoms with Crippen LogP contribution in [0.4, 0.5) is 0 Å². The van der Waals surface area contributed by atoms with Crippen LogP contribution >= 0.6 is 0 Å². The molecule has 0 bridgehead atoms. The highest BCUT2D eigenvalue weighted by molar-refractivity contribution is 5.79. The van der Waals surface area contributed by atoms with Crippen molar-refractivity contribution in [2.24, 2.45) is 0 Å². The van der Waals surface area contributed by atoms with Crippen molar-refractivity contribution in [3.63, 3.8) is 0 Å². The van der Waals surface area contributed by atoms with Gasteiger partial charge >= 0.3 is 0 Å². The molecule has 1 aromatic carbocycles. The van der Waals surface area contributed by atoms with Crippen molar-refractivity contribution < 1.29 is 19.0 Å². The fraction of sp³-hybridized carbons (Fsp3) is 0.400. The van der Waals surface area contributed by atoms with E-state index in [1.165, 1.54) is 0 Å². The first-order chi connectivity index (χ1) is 12.8. The molecule has 0 unspecified atom stereocenters. The average Bonchev–Trinajstić information content (AvgIpc) is 3.33. The zero-order valence-corrected chi connectivity index (χ0v) is 14.6. The van der Waals surface area contributed by atoms with Gasteiger partial charge in [0.25, 0.3) is 0 Å². The van der Waals surface area contributed by atoms with Crippen molar-refractivity contribution in [1.82, 2.24) is 9.88 Å². The smallest absolute Gasteiger partial charge is 0.231 e. The minimum Gasteiger partial charge on any atom is -0.454 e. The molecule has 2 aliphatic heterocycles. The summed E-state index contributed by atoms with van der Waals surface area (Å²) in [4.78, 5) is 19.2. The van der Waals surface area contributed by atoms with Gasteiger partial charge in [0.15, 0.2) is 11.5 Å². The summed E-state index contributed by atoms with van der Waals surface area (Å²) in [7, 11) is 0. The van der Waals surface area contributed by atoms with Gasteiger partial charge in [-0.1, -0.05) is 12.1 Å². The van der Waals surface area contributed by atoms with Crippen molar-refractivity contribution in [1.29, 1.82) is 0 Å². The zero-order chi connectivity index (χ0) is 17.8. The molecule has 6 heteroatoms. The highest BCUT2D eigenvalue weighted by Crippen LogP contribution is 2.32. The lowest BCUT2D eigenvalue weighted by Crippen LogP contribution is -2.38. The summed E-state index contributed by atoms with van der Waals surface area (Å²) in [5, 5.41) is 0. The number of amides is 1. The van der Waals surface area contributed by atoms with E-state index in [0.717, 1.165) is 36.5 Å². The van der Waals surface area contributed by atoms with E-state index >= 15 is 0 Å². The molecule has 1 atom stereocenters. The number of aromatic nitrogens is 1. The number of hydrogen-bond donors (Lipinski definition) is 0. The van der Waals surface area contributed by atoms with Gasteiger partial charge in [0.1, 0.15) is 0 Å². The molecular formula is C20H22N2O4. The van der Waals surface area contributed by atoms with Gasteiger partial charge in [-0.3, -0.25) is 9.78 Å². The molecule has 1 saturated heterocycles.